The molecule has 4 rings (SSSR count). The lowest BCUT2D eigenvalue weighted by Crippen LogP contribution is -2.32. The largest absolute Gasteiger partial charge is 0.497 e. The van der Waals surface area contributed by atoms with Gasteiger partial charge in [0.1, 0.15) is 18.1 Å². The smallest absolute Gasteiger partial charge is 0.240 e. The van der Waals surface area contributed by atoms with Crippen molar-refractivity contribution in [2.75, 3.05) is 7.11 Å². The number of benzene rings is 1. The third-order valence-corrected chi connectivity index (χ3v) is 4.68. The van der Waals surface area contributed by atoms with E-state index in [2.05, 4.69) is 5.32 Å². The van der Waals surface area contributed by atoms with Gasteiger partial charge in [-0.05, 0) is 43.2 Å². The molecule has 1 N–H and O–H groups in total. The van der Waals surface area contributed by atoms with Crippen molar-refractivity contribution in [3.63, 3.8) is 0 Å². The molecule has 1 aliphatic rings. The first-order chi connectivity index (χ1) is 11.7. The number of carbonyl (C=O) groups is 1. The summed E-state index contributed by atoms with van der Waals surface area (Å²) in [5.74, 6) is 1.84. The van der Waals surface area contributed by atoms with Crippen LogP contribution in [0.1, 0.15) is 30.2 Å². The highest BCUT2D eigenvalue weighted by Gasteiger charge is 2.24. The van der Waals surface area contributed by atoms with Crippen molar-refractivity contribution in [2.24, 2.45) is 0 Å². The van der Waals surface area contributed by atoms with Crippen molar-refractivity contribution in [3.8, 4) is 5.75 Å². The van der Waals surface area contributed by atoms with E-state index in [-0.39, 0.29) is 11.9 Å². The first-order valence-electron chi connectivity index (χ1n) is 8.23. The van der Waals surface area contributed by atoms with Gasteiger partial charge in [0.15, 0.2) is 0 Å². The lowest BCUT2D eigenvalue weighted by atomic mass is 9.93. The first kappa shape index (κ1) is 14.9. The van der Waals surface area contributed by atoms with Crippen LogP contribution in [0.3, 0.4) is 0 Å². The van der Waals surface area contributed by atoms with Gasteiger partial charge in [0.05, 0.1) is 19.4 Å². The fourth-order valence-corrected chi connectivity index (χ4v) is 3.47. The molecule has 0 saturated carbocycles. The minimum atomic E-state index is 0.0161. The molecule has 2 heterocycles. The molecular weight excluding hydrogens is 304 g/mol. The highest BCUT2D eigenvalue weighted by molar-refractivity contribution is 5.84. The zero-order valence-electron chi connectivity index (χ0n) is 13.6. The van der Waals surface area contributed by atoms with Crippen molar-refractivity contribution in [1.82, 2.24) is 9.88 Å². The average Bonchev–Trinajstić information content (AvgIpc) is 3.22. The fraction of sp³-hybridized carbons (Fsp3) is 0.316. The highest BCUT2D eigenvalue weighted by Crippen LogP contribution is 2.30. The van der Waals surface area contributed by atoms with E-state index in [1.165, 1.54) is 0 Å². The first-order valence-corrected chi connectivity index (χ1v) is 8.23. The van der Waals surface area contributed by atoms with Crippen molar-refractivity contribution < 1.29 is 13.9 Å². The van der Waals surface area contributed by atoms with Crippen molar-refractivity contribution >= 4 is 16.8 Å². The Morgan fingerprint density at radius 2 is 2.29 bits per heavy atom. The van der Waals surface area contributed by atoms with Gasteiger partial charge in [0.2, 0.25) is 5.91 Å². The number of amides is 1. The van der Waals surface area contributed by atoms with E-state index in [0.717, 1.165) is 47.2 Å². The van der Waals surface area contributed by atoms with Crippen LogP contribution >= 0.6 is 0 Å². The molecule has 0 spiro atoms. The molecule has 5 heteroatoms. The predicted molar refractivity (Wildman–Crippen MR) is 91.0 cm³/mol. The Kier molecular flexibility index (Phi) is 3.76. The molecule has 2 aromatic heterocycles. The topological polar surface area (TPSA) is 56.4 Å². The Hall–Kier alpha value is -2.69. The van der Waals surface area contributed by atoms with Gasteiger partial charge in [-0.15, -0.1) is 0 Å². The van der Waals surface area contributed by atoms with E-state index in [1.54, 1.807) is 13.4 Å². The van der Waals surface area contributed by atoms with Gasteiger partial charge in [-0.1, -0.05) is 0 Å². The lowest BCUT2D eigenvalue weighted by Gasteiger charge is -2.23. The Balaban J connectivity index is 1.49. The number of carbonyl (C=O) groups excluding carboxylic acids is 1. The molecule has 0 radical (unpaired) electrons. The maximum absolute atomic E-state index is 12.5. The molecule has 1 aromatic carbocycles. The van der Waals surface area contributed by atoms with Crippen LogP contribution in [0.2, 0.25) is 0 Å². The van der Waals surface area contributed by atoms with E-state index in [1.807, 2.05) is 41.1 Å². The van der Waals surface area contributed by atoms with Gasteiger partial charge in [-0.2, -0.15) is 0 Å². The number of nitrogens with one attached hydrogen (secondary N) is 1. The maximum Gasteiger partial charge on any atom is 0.240 e. The monoisotopic (exact) mass is 324 g/mol. The minimum Gasteiger partial charge on any atom is -0.497 e. The molecule has 124 valence electrons. The summed E-state index contributed by atoms with van der Waals surface area (Å²) in [5, 5.41) is 4.21. The molecule has 1 amide bonds. The standard InChI is InChI=1S/C19H20N2O3/c1-23-14-5-6-17-13(11-14)7-9-21(17)12-19(22)20-16-3-2-4-18-15(16)8-10-24-18/h5-11,16H,2-4,12H2,1H3,(H,20,22). The van der Waals surface area contributed by atoms with E-state index in [4.69, 9.17) is 9.15 Å². The van der Waals surface area contributed by atoms with Crippen LogP contribution in [-0.2, 0) is 17.8 Å². The van der Waals surface area contributed by atoms with Crippen molar-refractivity contribution in [1.29, 1.82) is 0 Å². The molecule has 0 saturated heterocycles. The molecule has 0 bridgehead atoms. The van der Waals surface area contributed by atoms with Crippen LogP contribution in [0.4, 0.5) is 0 Å². The number of aromatic nitrogens is 1. The van der Waals surface area contributed by atoms with E-state index < -0.39 is 0 Å². The normalized spacial score (nSPS) is 16.8. The molecule has 1 unspecified atom stereocenters. The second-order valence-electron chi connectivity index (χ2n) is 6.18. The molecule has 1 aliphatic carbocycles. The van der Waals surface area contributed by atoms with Crippen LogP contribution in [-0.4, -0.2) is 17.6 Å². The number of nitrogens with zero attached hydrogens (tertiary/aromatic N) is 1. The molecule has 5 nitrogen and oxygen atoms in total. The lowest BCUT2D eigenvalue weighted by molar-refractivity contribution is -0.122. The highest BCUT2D eigenvalue weighted by atomic mass is 16.5. The van der Waals surface area contributed by atoms with Crippen LogP contribution < -0.4 is 10.1 Å². The summed E-state index contributed by atoms with van der Waals surface area (Å²) in [7, 11) is 1.65. The second-order valence-corrected chi connectivity index (χ2v) is 6.18. The Bertz CT molecular complexity index is 878. The van der Waals surface area contributed by atoms with Gasteiger partial charge in [-0.3, -0.25) is 4.79 Å². The number of furan rings is 1. The number of methoxy groups -OCH3 is 1. The molecule has 24 heavy (non-hydrogen) atoms. The third kappa shape index (κ3) is 2.66. The van der Waals surface area contributed by atoms with Gasteiger partial charge in [-0.25, -0.2) is 0 Å². The number of fused-ring (bicyclic) bond motifs is 2. The SMILES string of the molecule is COc1ccc2c(ccn2CC(=O)NC2CCCc3occc32)c1. The van der Waals surface area contributed by atoms with Crippen LogP contribution in [0, 0.1) is 0 Å². The average molecular weight is 324 g/mol. The van der Waals surface area contributed by atoms with E-state index in [9.17, 15) is 4.79 Å². The summed E-state index contributed by atoms with van der Waals surface area (Å²) in [6.45, 7) is 0.305. The molecule has 3 aromatic rings. The molecular formula is C19H20N2O3. The molecule has 0 fully saturated rings. The Labute approximate surface area is 140 Å². The number of aryl methyl sites for hydroxylation is 1. The number of rotatable bonds is 4. The summed E-state index contributed by atoms with van der Waals surface area (Å²) in [4.78, 5) is 12.5. The summed E-state index contributed by atoms with van der Waals surface area (Å²) < 4.78 is 12.7. The fourth-order valence-electron chi connectivity index (χ4n) is 3.47. The number of ether oxygens (including phenoxy) is 1. The summed E-state index contributed by atoms with van der Waals surface area (Å²) >= 11 is 0. The van der Waals surface area contributed by atoms with Crippen LogP contribution in [0.15, 0.2) is 47.2 Å². The van der Waals surface area contributed by atoms with Crippen molar-refractivity contribution in [2.45, 2.75) is 31.8 Å². The van der Waals surface area contributed by atoms with Crippen molar-refractivity contribution in [3.05, 3.63) is 54.1 Å². The van der Waals surface area contributed by atoms with Crippen LogP contribution in [0.5, 0.6) is 5.75 Å². The van der Waals surface area contributed by atoms with Gasteiger partial charge >= 0.3 is 0 Å². The second kappa shape index (κ2) is 6.07. The maximum atomic E-state index is 12.5. The number of hydrogen-bond donors (Lipinski definition) is 1. The van der Waals surface area contributed by atoms with Gasteiger partial charge in [0.25, 0.3) is 0 Å². The summed E-state index contributed by atoms with van der Waals surface area (Å²) in [6.07, 6.45) is 6.61. The Morgan fingerprint density at radius 3 is 3.17 bits per heavy atom. The zero-order valence-corrected chi connectivity index (χ0v) is 13.6. The third-order valence-electron chi connectivity index (χ3n) is 4.68. The summed E-state index contributed by atoms with van der Waals surface area (Å²) in [5.41, 5.74) is 2.15. The molecule has 0 aliphatic heterocycles. The van der Waals surface area contributed by atoms with Gasteiger partial charge in [0, 0.05) is 29.1 Å². The van der Waals surface area contributed by atoms with E-state index >= 15 is 0 Å². The Morgan fingerprint density at radius 1 is 1.38 bits per heavy atom. The zero-order chi connectivity index (χ0) is 16.5. The van der Waals surface area contributed by atoms with E-state index in [0.29, 0.717) is 6.54 Å². The minimum absolute atomic E-state index is 0.0161. The van der Waals surface area contributed by atoms with Gasteiger partial charge < -0.3 is 19.0 Å². The predicted octanol–water partition coefficient (Wildman–Crippen LogP) is 3.44. The molecule has 1 atom stereocenters. The summed E-state index contributed by atoms with van der Waals surface area (Å²) in [6, 6.07) is 9.90. The number of hydrogen-bond acceptors (Lipinski definition) is 3. The quantitative estimate of drug-likeness (QED) is 0.800. The van der Waals surface area contributed by atoms with Crippen LogP contribution in [0.25, 0.3) is 10.9 Å².